The van der Waals surface area contributed by atoms with Gasteiger partial charge in [0.2, 0.25) is 11.8 Å². The fourth-order valence-electron chi connectivity index (χ4n) is 4.71. The van der Waals surface area contributed by atoms with E-state index in [1.54, 1.807) is 30.7 Å². The number of piperidine rings is 1. The normalized spacial score (nSPS) is 17.7. The number of imide groups is 2. The smallest absolute Gasteiger partial charge is 0.262 e. The van der Waals surface area contributed by atoms with Crippen molar-refractivity contribution in [2.24, 2.45) is 0 Å². The highest BCUT2D eigenvalue weighted by atomic mass is 16.2. The van der Waals surface area contributed by atoms with Crippen LogP contribution in [0.15, 0.2) is 42.9 Å². The van der Waals surface area contributed by atoms with E-state index in [0.717, 1.165) is 15.9 Å². The highest BCUT2D eigenvalue weighted by Crippen LogP contribution is 2.29. The monoisotopic (exact) mass is 483 g/mol. The van der Waals surface area contributed by atoms with Crippen molar-refractivity contribution in [3.05, 3.63) is 70.8 Å². The molecule has 0 bridgehead atoms. The van der Waals surface area contributed by atoms with E-state index in [2.05, 4.69) is 46.6 Å². The van der Waals surface area contributed by atoms with Crippen molar-refractivity contribution < 1.29 is 19.2 Å². The molecule has 2 aromatic carbocycles. The lowest BCUT2D eigenvalue weighted by Gasteiger charge is -2.27. The zero-order chi connectivity index (χ0) is 25.1. The first kappa shape index (κ1) is 21.8. The molecule has 1 unspecified atom stereocenters. The molecule has 4 amide bonds. The van der Waals surface area contributed by atoms with Gasteiger partial charge in [-0.2, -0.15) is 0 Å². The molecule has 1 atom stereocenters. The van der Waals surface area contributed by atoms with Gasteiger partial charge in [-0.15, -0.1) is 5.10 Å². The first-order valence-electron chi connectivity index (χ1n) is 11.5. The summed E-state index contributed by atoms with van der Waals surface area (Å²) in [6, 6.07) is 7.94. The van der Waals surface area contributed by atoms with Gasteiger partial charge >= 0.3 is 0 Å². The summed E-state index contributed by atoms with van der Waals surface area (Å²) in [4.78, 5) is 55.2. The Hall–Kier alpha value is -4.67. The molecule has 4 aromatic rings. The lowest BCUT2D eigenvalue weighted by atomic mass is 10.0. The van der Waals surface area contributed by atoms with Crippen LogP contribution in [-0.2, 0) is 16.1 Å². The molecule has 11 heteroatoms. The van der Waals surface area contributed by atoms with Crippen LogP contribution in [0.1, 0.15) is 50.4 Å². The van der Waals surface area contributed by atoms with Gasteiger partial charge in [0.25, 0.3) is 11.8 Å². The van der Waals surface area contributed by atoms with E-state index in [1.807, 2.05) is 4.57 Å². The van der Waals surface area contributed by atoms with Gasteiger partial charge in [-0.05, 0) is 61.7 Å². The van der Waals surface area contributed by atoms with Crippen molar-refractivity contribution in [1.82, 2.24) is 34.8 Å². The topological polar surface area (TPSA) is 132 Å². The van der Waals surface area contributed by atoms with Crippen LogP contribution >= 0.6 is 0 Å². The molecule has 0 saturated carbocycles. The number of rotatable bonds is 4. The summed E-state index contributed by atoms with van der Waals surface area (Å²) in [6.07, 6.45) is 3.71. The maximum Gasteiger partial charge on any atom is 0.262 e. The average Bonchev–Trinajstić information content (AvgIpc) is 3.53. The van der Waals surface area contributed by atoms with Crippen LogP contribution in [0, 0.1) is 13.8 Å². The summed E-state index contributed by atoms with van der Waals surface area (Å²) in [5, 5.41) is 10.7. The Morgan fingerprint density at radius 1 is 1.00 bits per heavy atom. The van der Waals surface area contributed by atoms with Crippen molar-refractivity contribution in [3.63, 3.8) is 0 Å². The summed E-state index contributed by atoms with van der Waals surface area (Å²) in [5.74, 6) is -2.17. The maximum atomic E-state index is 13.1. The Kier molecular flexibility index (Phi) is 4.82. The second-order valence-corrected chi connectivity index (χ2v) is 9.13. The number of aryl methyl sites for hydroxylation is 2. The van der Waals surface area contributed by atoms with Crippen LogP contribution < -0.4 is 5.32 Å². The number of imidazole rings is 1. The minimum atomic E-state index is -1.01. The van der Waals surface area contributed by atoms with Crippen LogP contribution in [-0.4, -0.2) is 59.1 Å². The number of hydrogen-bond donors (Lipinski definition) is 1. The molecule has 0 aliphatic carbocycles. The third kappa shape index (κ3) is 3.39. The molecule has 11 nitrogen and oxygen atoms in total. The number of benzene rings is 2. The van der Waals surface area contributed by atoms with Gasteiger partial charge < -0.3 is 4.57 Å². The van der Waals surface area contributed by atoms with Crippen LogP contribution in [0.3, 0.4) is 0 Å². The SMILES string of the molecule is Cc1cc2ncn(Cc3cn(-c4ccc5c(c4)C(=O)N(C4CCC(=O)NC4=O)C5=O)nn3)c2cc1C. The summed E-state index contributed by atoms with van der Waals surface area (Å²) in [5.41, 5.74) is 5.92. The Labute approximate surface area is 204 Å². The van der Waals surface area contributed by atoms with Gasteiger partial charge in [-0.25, -0.2) is 9.67 Å². The standard InChI is InChI=1S/C25H21N7O4/c1-13-7-19-21(8-14(13)2)30(12-26-19)10-15-11-31(29-28-15)16-3-4-17-18(9-16)25(36)32(24(17)35)20-5-6-22(33)27-23(20)34/h3-4,7-9,11-12,20H,5-6,10H2,1-2H3,(H,27,33,34). The Morgan fingerprint density at radius 3 is 2.58 bits per heavy atom. The predicted octanol–water partition coefficient (Wildman–Crippen LogP) is 1.68. The van der Waals surface area contributed by atoms with E-state index in [0.29, 0.717) is 17.9 Å². The Bertz CT molecular complexity index is 1620. The van der Waals surface area contributed by atoms with Gasteiger partial charge in [-0.1, -0.05) is 5.21 Å². The van der Waals surface area contributed by atoms with Gasteiger partial charge in [-0.3, -0.25) is 29.4 Å². The fourth-order valence-corrected chi connectivity index (χ4v) is 4.71. The van der Waals surface area contributed by atoms with Gasteiger partial charge in [0.05, 0.1) is 46.9 Å². The molecule has 2 aromatic heterocycles. The lowest BCUT2D eigenvalue weighted by molar-refractivity contribution is -0.136. The van der Waals surface area contributed by atoms with Crippen LogP contribution in [0.25, 0.3) is 16.7 Å². The van der Waals surface area contributed by atoms with E-state index >= 15 is 0 Å². The zero-order valence-electron chi connectivity index (χ0n) is 19.6. The Morgan fingerprint density at radius 2 is 1.78 bits per heavy atom. The second kappa shape index (κ2) is 7.94. The Balaban J connectivity index is 1.26. The first-order valence-corrected chi connectivity index (χ1v) is 11.5. The van der Waals surface area contributed by atoms with Crippen LogP contribution in [0.2, 0.25) is 0 Å². The average molecular weight is 483 g/mol. The quantitative estimate of drug-likeness (QED) is 0.437. The first-order chi connectivity index (χ1) is 17.3. The maximum absolute atomic E-state index is 13.1. The highest BCUT2D eigenvalue weighted by molar-refractivity contribution is 6.23. The number of carbonyl (C=O) groups is 4. The number of nitrogens with one attached hydrogen (secondary N) is 1. The molecular weight excluding hydrogens is 462 g/mol. The van der Waals surface area contributed by atoms with E-state index in [1.165, 1.54) is 15.8 Å². The number of nitrogens with zero attached hydrogens (tertiary/aromatic N) is 6. The number of carbonyl (C=O) groups excluding carboxylic acids is 4. The van der Waals surface area contributed by atoms with E-state index in [9.17, 15) is 19.2 Å². The van der Waals surface area contributed by atoms with Crippen LogP contribution in [0.4, 0.5) is 0 Å². The molecule has 1 fully saturated rings. The number of aromatic nitrogens is 5. The molecule has 1 saturated heterocycles. The molecular formula is C25H21N7O4. The van der Waals surface area contributed by atoms with E-state index in [4.69, 9.17) is 0 Å². The molecule has 1 N–H and O–H groups in total. The van der Waals surface area contributed by atoms with Crippen molar-refractivity contribution in [3.8, 4) is 5.69 Å². The van der Waals surface area contributed by atoms with Gasteiger partial charge in [0, 0.05) is 6.42 Å². The van der Waals surface area contributed by atoms with Crippen molar-refractivity contribution in [2.75, 3.05) is 0 Å². The molecule has 6 rings (SSSR count). The fraction of sp³-hybridized carbons (Fsp3) is 0.240. The molecule has 2 aliphatic rings. The van der Waals surface area contributed by atoms with E-state index < -0.39 is 29.7 Å². The minimum Gasteiger partial charge on any atom is -0.324 e. The minimum absolute atomic E-state index is 0.0716. The summed E-state index contributed by atoms with van der Waals surface area (Å²) in [6.45, 7) is 4.58. The number of amides is 4. The molecule has 180 valence electrons. The third-order valence-electron chi connectivity index (χ3n) is 6.80. The molecule has 0 spiro atoms. The summed E-state index contributed by atoms with van der Waals surface area (Å²) in [7, 11) is 0. The zero-order valence-corrected chi connectivity index (χ0v) is 19.6. The largest absolute Gasteiger partial charge is 0.324 e. The number of fused-ring (bicyclic) bond motifs is 2. The summed E-state index contributed by atoms with van der Waals surface area (Å²) >= 11 is 0. The van der Waals surface area contributed by atoms with Gasteiger partial charge in [0.1, 0.15) is 11.7 Å². The van der Waals surface area contributed by atoms with Crippen LogP contribution in [0.5, 0.6) is 0 Å². The highest BCUT2D eigenvalue weighted by Gasteiger charge is 2.44. The molecule has 36 heavy (non-hydrogen) atoms. The van der Waals surface area contributed by atoms with Crippen molar-refractivity contribution in [1.29, 1.82) is 0 Å². The van der Waals surface area contributed by atoms with E-state index in [-0.39, 0.29) is 24.0 Å². The third-order valence-corrected chi connectivity index (χ3v) is 6.80. The van der Waals surface area contributed by atoms with Gasteiger partial charge in [0.15, 0.2) is 0 Å². The summed E-state index contributed by atoms with van der Waals surface area (Å²) < 4.78 is 3.54. The number of hydrogen-bond acceptors (Lipinski definition) is 7. The van der Waals surface area contributed by atoms with Crippen molar-refractivity contribution >= 4 is 34.7 Å². The lowest BCUT2D eigenvalue weighted by Crippen LogP contribution is -2.54. The predicted molar refractivity (Wildman–Crippen MR) is 126 cm³/mol. The molecule has 0 radical (unpaired) electrons. The second-order valence-electron chi connectivity index (χ2n) is 9.13. The molecule has 4 heterocycles. The van der Waals surface area contributed by atoms with Crippen molar-refractivity contribution in [2.45, 2.75) is 39.3 Å². The molecule has 2 aliphatic heterocycles.